The molecular formula is C21H27N3O3S. The van der Waals surface area contributed by atoms with Gasteiger partial charge in [-0.15, -0.1) is 0 Å². The van der Waals surface area contributed by atoms with Crippen LogP contribution in [0.1, 0.15) is 18.1 Å². The predicted molar refractivity (Wildman–Crippen MR) is 112 cm³/mol. The molecular weight excluding hydrogens is 374 g/mol. The van der Waals surface area contributed by atoms with Crippen LogP contribution < -0.4 is 5.32 Å². The highest BCUT2D eigenvalue weighted by atomic mass is 32.2. The summed E-state index contributed by atoms with van der Waals surface area (Å²) >= 11 is 0. The van der Waals surface area contributed by atoms with Crippen LogP contribution in [0.3, 0.4) is 0 Å². The molecule has 150 valence electrons. The zero-order valence-electron chi connectivity index (χ0n) is 16.2. The normalized spacial score (nSPS) is 16.0. The minimum absolute atomic E-state index is 0.0160. The Kier molecular flexibility index (Phi) is 6.83. The molecule has 0 spiro atoms. The lowest BCUT2D eigenvalue weighted by atomic mass is 10.1. The topological polar surface area (TPSA) is 69.7 Å². The Morgan fingerprint density at radius 1 is 0.929 bits per heavy atom. The van der Waals surface area contributed by atoms with Gasteiger partial charge in [-0.2, -0.15) is 4.31 Å². The monoisotopic (exact) mass is 401 g/mol. The summed E-state index contributed by atoms with van der Waals surface area (Å²) in [5, 5.41) is 2.90. The first-order chi connectivity index (χ1) is 13.5. The van der Waals surface area contributed by atoms with Gasteiger partial charge in [0.1, 0.15) is 0 Å². The van der Waals surface area contributed by atoms with Crippen LogP contribution in [0.4, 0.5) is 5.69 Å². The summed E-state index contributed by atoms with van der Waals surface area (Å²) in [5.41, 5.74) is 2.80. The van der Waals surface area contributed by atoms with E-state index >= 15 is 0 Å². The highest BCUT2D eigenvalue weighted by Gasteiger charge is 2.27. The number of anilines is 1. The van der Waals surface area contributed by atoms with Gasteiger partial charge in [0.25, 0.3) is 0 Å². The van der Waals surface area contributed by atoms with Crippen LogP contribution >= 0.6 is 0 Å². The molecule has 3 rings (SSSR count). The molecule has 1 aliphatic rings. The third-order valence-electron chi connectivity index (χ3n) is 4.93. The number of piperazine rings is 1. The molecule has 1 saturated heterocycles. The average Bonchev–Trinajstić information content (AvgIpc) is 2.69. The number of sulfonamides is 1. The van der Waals surface area contributed by atoms with E-state index in [-0.39, 0.29) is 18.2 Å². The third kappa shape index (κ3) is 5.64. The Morgan fingerprint density at radius 3 is 2.18 bits per heavy atom. The van der Waals surface area contributed by atoms with Crippen molar-refractivity contribution in [3.05, 3.63) is 65.7 Å². The molecule has 1 N–H and O–H groups in total. The number of carbonyl (C=O) groups is 1. The van der Waals surface area contributed by atoms with Crippen LogP contribution in [0.5, 0.6) is 0 Å². The Morgan fingerprint density at radius 2 is 1.57 bits per heavy atom. The van der Waals surface area contributed by atoms with Gasteiger partial charge in [-0.25, -0.2) is 8.42 Å². The Hall–Kier alpha value is -2.22. The number of benzene rings is 2. The van der Waals surface area contributed by atoms with Gasteiger partial charge in [-0.3, -0.25) is 9.69 Å². The second kappa shape index (κ2) is 9.32. The van der Waals surface area contributed by atoms with Gasteiger partial charge in [0.15, 0.2) is 0 Å². The molecule has 1 amide bonds. The first kappa shape index (κ1) is 20.5. The fraction of sp³-hybridized carbons (Fsp3) is 0.381. The minimum atomic E-state index is -3.34. The molecule has 1 fully saturated rings. The number of hydrogen-bond acceptors (Lipinski definition) is 4. The van der Waals surface area contributed by atoms with Gasteiger partial charge < -0.3 is 5.32 Å². The molecule has 28 heavy (non-hydrogen) atoms. The summed E-state index contributed by atoms with van der Waals surface area (Å²) < 4.78 is 26.7. The van der Waals surface area contributed by atoms with Crippen molar-refractivity contribution in [3.8, 4) is 0 Å². The summed E-state index contributed by atoms with van der Waals surface area (Å²) in [6.45, 7) is 4.28. The molecule has 2 aromatic carbocycles. The third-order valence-corrected chi connectivity index (χ3v) is 6.78. The van der Waals surface area contributed by atoms with E-state index in [9.17, 15) is 13.2 Å². The molecule has 1 aliphatic heterocycles. The Balaban J connectivity index is 1.47. The van der Waals surface area contributed by atoms with Crippen LogP contribution in [-0.2, 0) is 27.0 Å². The second-order valence-electron chi connectivity index (χ2n) is 7.02. The minimum Gasteiger partial charge on any atom is -0.325 e. The van der Waals surface area contributed by atoms with Crippen LogP contribution in [0.15, 0.2) is 54.6 Å². The zero-order chi connectivity index (χ0) is 20.0. The second-order valence-corrected chi connectivity index (χ2v) is 8.98. The van der Waals surface area contributed by atoms with Gasteiger partial charge in [-0.05, 0) is 29.7 Å². The quantitative estimate of drug-likeness (QED) is 0.773. The maximum absolute atomic E-state index is 12.6. The molecule has 7 heteroatoms. The van der Waals surface area contributed by atoms with Gasteiger partial charge in [0.05, 0.1) is 12.3 Å². The molecule has 2 aromatic rings. The Labute approximate surface area is 167 Å². The van der Waals surface area contributed by atoms with Crippen molar-refractivity contribution in [1.29, 1.82) is 0 Å². The highest BCUT2D eigenvalue weighted by Crippen LogP contribution is 2.14. The summed E-state index contributed by atoms with van der Waals surface area (Å²) in [4.78, 5) is 14.3. The van der Waals surface area contributed by atoms with E-state index in [1.165, 1.54) is 9.87 Å². The number of carbonyl (C=O) groups excluding carboxylic acids is 1. The lowest BCUT2D eigenvalue weighted by molar-refractivity contribution is -0.117. The number of amides is 1. The summed E-state index contributed by atoms with van der Waals surface area (Å²) in [7, 11) is -3.34. The first-order valence-electron chi connectivity index (χ1n) is 9.59. The molecule has 0 aromatic heterocycles. The fourth-order valence-electron chi connectivity index (χ4n) is 3.27. The van der Waals surface area contributed by atoms with E-state index in [0.717, 1.165) is 17.7 Å². The largest absolute Gasteiger partial charge is 0.325 e. The molecule has 0 radical (unpaired) electrons. The molecule has 0 bridgehead atoms. The highest BCUT2D eigenvalue weighted by molar-refractivity contribution is 7.88. The van der Waals surface area contributed by atoms with Crippen molar-refractivity contribution in [1.82, 2.24) is 9.21 Å². The first-order valence-corrected chi connectivity index (χ1v) is 11.2. The molecule has 1 heterocycles. The lowest BCUT2D eigenvalue weighted by Crippen LogP contribution is -2.50. The standard InChI is InChI=1S/C21H27N3O3S/c1-2-18-8-10-20(11-9-18)22-21(25)16-23-12-14-24(15-13-23)28(26,27)17-19-6-4-3-5-7-19/h3-11H,2,12-17H2,1H3,(H,22,25). The van der Waals surface area contributed by atoms with Crippen molar-refractivity contribution in [2.45, 2.75) is 19.1 Å². The van der Waals surface area contributed by atoms with Crippen molar-refractivity contribution >= 4 is 21.6 Å². The van der Waals surface area contributed by atoms with Crippen LogP contribution in [0.2, 0.25) is 0 Å². The van der Waals surface area contributed by atoms with E-state index in [0.29, 0.717) is 26.2 Å². The van der Waals surface area contributed by atoms with E-state index < -0.39 is 10.0 Å². The van der Waals surface area contributed by atoms with Crippen molar-refractivity contribution in [2.75, 3.05) is 38.0 Å². The molecule has 0 atom stereocenters. The van der Waals surface area contributed by atoms with Gasteiger partial charge in [0.2, 0.25) is 15.9 Å². The maximum atomic E-state index is 12.6. The lowest BCUT2D eigenvalue weighted by Gasteiger charge is -2.33. The van der Waals surface area contributed by atoms with Crippen molar-refractivity contribution in [2.24, 2.45) is 0 Å². The van der Waals surface area contributed by atoms with E-state index in [1.807, 2.05) is 59.5 Å². The SMILES string of the molecule is CCc1ccc(NC(=O)CN2CCN(S(=O)(=O)Cc3ccccc3)CC2)cc1. The van der Waals surface area contributed by atoms with Crippen LogP contribution in [0.25, 0.3) is 0 Å². The molecule has 0 unspecified atom stereocenters. The predicted octanol–water partition coefficient (Wildman–Crippen LogP) is 2.34. The van der Waals surface area contributed by atoms with Crippen molar-refractivity contribution in [3.63, 3.8) is 0 Å². The van der Waals surface area contributed by atoms with E-state index in [4.69, 9.17) is 0 Å². The van der Waals surface area contributed by atoms with Crippen LogP contribution in [0, 0.1) is 0 Å². The van der Waals surface area contributed by atoms with Gasteiger partial charge in [0, 0.05) is 31.9 Å². The molecule has 0 saturated carbocycles. The fourth-order valence-corrected chi connectivity index (χ4v) is 4.79. The number of hydrogen-bond donors (Lipinski definition) is 1. The smallest absolute Gasteiger partial charge is 0.238 e. The molecule has 6 nitrogen and oxygen atoms in total. The van der Waals surface area contributed by atoms with Gasteiger partial charge in [-0.1, -0.05) is 49.4 Å². The van der Waals surface area contributed by atoms with Crippen molar-refractivity contribution < 1.29 is 13.2 Å². The Bertz CT molecular complexity index is 875. The number of aryl methyl sites for hydroxylation is 1. The van der Waals surface area contributed by atoms with E-state index in [1.54, 1.807) is 0 Å². The number of rotatable bonds is 7. The number of nitrogens with zero attached hydrogens (tertiary/aromatic N) is 2. The summed E-state index contributed by atoms with van der Waals surface area (Å²) in [6, 6.07) is 17.0. The van der Waals surface area contributed by atoms with E-state index in [2.05, 4.69) is 12.2 Å². The number of nitrogens with one attached hydrogen (secondary N) is 1. The summed E-state index contributed by atoms with van der Waals surface area (Å²) in [5.74, 6) is -0.0629. The zero-order valence-corrected chi connectivity index (χ0v) is 17.0. The van der Waals surface area contributed by atoms with Gasteiger partial charge >= 0.3 is 0 Å². The molecule has 0 aliphatic carbocycles. The maximum Gasteiger partial charge on any atom is 0.238 e. The van der Waals surface area contributed by atoms with Crippen LogP contribution in [-0.4, -0.2) is 56.3 Å². The average molecular weight is 402 g/mol. The summed E-state index contributed by atoms with van der Waals surface area (Å²) in [6.07, 6.45) is 0.964.